The highest BCUT2D eigenvalue weighted by Gasteiger charge is 2.30. The van der Waals surface area contributed by atoms with E-state index in [9.17, 15) is 13.2 Å². The third-order valence-corrected chi connectivity index (χ3v) is 3.44. The van der Waals surface area contributed by atoms with Crippen LogP contribution in [0.25, 0.3) is 0 Å². The lowest BCUT2D eigenvalue weighted by atomic mass is 10.1. The molecule has 0 bridgehead atoms. The maximum atomic E-state index is 12.4. The Morgan fingerprint density at radius 3 is 2.62 bits per heavy atom. The highest BCUT2D eigenvalue weighted by atomic mass is 32.2. The Labute approximate surface area is 124 Å². The molecule has 0 aliphatic rings. The van der Waals surface area contributed by atoms with Gasteiger partial charge in [0.1, 0.15) is 0 Å². The summed E-state index contributed by atoms with van der Waals surface area (Å²) in [5, 5.41) is 4.32. The molecule has 0 saturated heterocycles. The molecule has 0 radical (unpaired) electrons. The second-order valence-corrected chi connectivity index (χ2v) is 5.87. The summed E-state index contributed by atoms with van der Waals surface area (Å²) in [7, 11) is 0. The van der Waals surface area contributed by atoms with Crippen LogP contribution in [0.5, 0.6) is 0 Å². The minimum Gasteiger partial charge on any atom is -0.338 e. The van der Waals surface area contributed by atoms with Crippen molar-refractivity contribution in [1.82, 2.24) is 15.1 Å². The van der Waals surface area contributed by atoms with Gasteiger partial charge in [0, 0.05) is 12.6 Å². The van der Waals surface area contributed by atoms with Gasteiger partial charge in [0.25, 0.3) is 0 Å². The first-order chi connectivity index (χ1) is 9.84. The third kappa shape index (κ3) is 4.73. The molecule has 2 aromatic rings. The van der Waals surface area contributed by atoms with Crippen LogP contribution in [0.2, 0.25) is 0 Å². The molecule has 2 aromatic heterocycles. The van der Waals surface area contributed by atoms with Crippen LogP contribution >= 0.6 is 11.8 Å². The fraction of sp³-hybridized carbons (Fsp3) is 0.462. The predicted octanol–water partition coefficient (Wildman–Crippen LogP) is 3.97. The van der Waals surface area contributed by atoms with Gasteiger partial charge in [-0.3, -0.25) is 0 Å². The van der Waals surface area contributed by atoms with Crippen molar-refractivity contribution in [2.24, 2.45) is 5.92 Å². The smallest absolute Gasteiger partial charge is 0.338 e. The van der Waals surface area contributed by atoms with Crippen LogP contribution in [-0.2, 0) is 18.3 Å². The lowest BCUT2D eigenvalue weighted by Gasteiger charge is -2.05. The van der Waals surface area contributed by atoms with Crippen LogP contribution in [0.4, 0.5) is 13.2 Å². The molecule has 0 fully saturated rings. The van der Waals surface area contributed by atoms with Crippen LogP contribution in [0.15, 0.2) is 27.9 Å². The van der Waals surface area contributed by atoms with Crippen molar-refractivity contribution in [3.63, 3.8) is 0 Å². The summed E-state index contributed by atoms with van der Waals surface area (Å²) >= 11 is 1.25. The Kier molecular flexibility index (Phi) is 4.87. The normalized spacial score (nSPS) is 12.1. The van der Waals surface area contributed by atoms with Crippen LogP contribution in [0, 0.1) is 5.92 Å². The summed E-state index contributed by atoms with van der Waals surface area (Å²) in [6.07, 6.45) is -2.82. The summed E-state index contributed by atoms with van der Waals surface area (Å²) in [5.41, 5.74) is -0.760. The number of alkyl halides is 3. The number of hydrogen-bond donors (Lipinski definition) is 0. The van der Waals surface area contributed by atoms with Gasteiger partial charge in [0.15, 0.2) is 5.82 Å². The molecular formula is C13H14F3N3OS. The zero-order valence-corrected chi connectivity index (χ0v) is 12.3. The van der Waals surface area contributed by atoms with Gasteiger partial charge in [-0.15, -0.1) is 0 Å². The van der Waals surface area contributed by atoms with Gasteiger partial charge in [-0.25, -0.2) is 4.98 Å². The maximum absolute atomic E-state index is 12.4. The Hall–Kier alpha value is -1.57. The van der Waals surface area contributed by atoms with Crippen LogP contribution in [0.1, 0.15) is 31.1 Å². The number of thioether (sulfide) groups is 1. The van der Waals surface area contributed by atoms with E-state index in [0.29, 0.717) is 28.4 Å². The third-order valence-electron chi connectivity index (χ3n) is 2.51. The van der Waals surface area contributed by atoms with E-state index >= 15 is 0 Å². The summed E-state index contributed by atoms with van der Waals surface area (Å²) in [5.74, 6) is 1.89. The van der Waals surface area contributed by atoms with Crippen molar-refractivity contribution in [1.29, 1.82) is 0 Å². The van der Waals surface area contributed by atoms with E-state index in [2.05, 4.69) is 29.0 Å². The van der Waals surface area contributed by atoms with Gasteiger partial charge in [0.2, 0.25) is 5.89 Å². The molecule has 0 unspecified atom stereocenters. The number of halogens is 3. The summed E-state index contributed by atoms with van der Waals surface area (Å²) in [6.45, 7) is 4.10. The van der Waals surface area contributed by atoms with Crippen molar-refractivity contribution in [2.45, 2.75) is 37.2 Å². The predicted molar refractivity (Wildman–Crippen MR) is 71.6 cm³/mol. The highest BCUT2D eigenvalue weighted by Crippen LogP contribution is 2.30. The Morgan fingerprint density at radius 1 is 1.29 bits per heavy atom. The first-order valence-electron chi connectivity index (χ1n) is 6.32. The number of pyridine rings is 1. The molecule has 0 saturated carbocycles. The monoisotopic (exact) mass is 317 g/mol. The minimum absolute atomic E-state index is 0.378. The first-order valence-corrected chi connectivity index (χ1v) is 7.30. The fourth-order valence-corrected chi connectivity index (χ4v) is 2.25. The van der Waals surface area contributed by atoms with Crippen molar-refractivity contribution < 1.29 is 17.7 Å². The van der Waals surface area contributed by atoms with Gasteiger partial charge in [-0.1, -0.05) is 30.8 Å². The highest BCUT2D eigenvalue weighted by molar-refractivity contribution is 7.98. The van der Waals surface area contributed by atoms with Crippen molar-refractivity contribution in [2.75, 3.05) is 0 Å². The van der Waals surface area contributed by atoms with Crippen molar-refractivity contribution in [3.05, 3.63) is 35.6 Å². The molecule has 0 aromatic carbocycles. The molecule has 21 heavy (non-hydrogen) atoms. The molecule has 0 N–H and O–H groups in total. The van der Waals surface area contributed by atoms with Gasteiger partial charge in [-0.05, 0) is 18.1 Å². The average molecular weight is 317 g/mol. The summed E-state index contributed by atoms with van der Waals surface area (Å²) in [4.78, 5) is 7.98. The molecule has 0 aliphatic carbocycles. The van der Waals surface area contributed by atoms with Gasteiger partial charge >= 0.3 is 6.18 Å². The van der Waals surface area contributed by atoms with Crippen LogP contribution in [-0.4, -0.2) is 15.1 Å². The molecule has 0 amide bonds. The molecule has 114 valence electrons. The second kappa shape index (κ2) is 6.46. The van der Waals surface area contributed by atoms with Gasteiger partial charge < -0.3 is 4.52 Å². The summed E-state index contributed by atoms with van der Waals surface area (Å²) in [6, 6.07) is 2.34. The molecular weight excluding hydrogens is 303 g/mol. The lowest BCUT2D eigenvalue weighted by Crippen LogP contribution is -2.05. The van der Waals surface area contributed by atoms with E-state index in [4.69, 9.17) is 4.52 Å². The van der Waals surface area contributed by atoms with E-state index in [1.807, 2.05) is 0 Å². The molecule has 0 spiro atoms. The van der Waals surface area contributed by atoms with Crippen LogP contribution in [0.3, 0.4) is 0 Å². The maximum Gasteiger partial charge on any atom is 0.417 e. The quantitative estimate of drug-likeness (QED) is 0.781. The average Bonchev–Trinajstić information content (AvgIpc) is 2.82. The zero-order valence-electron chi connectivity index (χ0n) is 11.5. The van der Waals surface area contributed by atoms with Gasteiger partial charge in [-0.2, -0.15) is 18.2 Å². The molecule has 2 heterocycles. The van der Waals surface area contributed by atoms with Crippen molar-refractivity contribution in [3.8, 4) is 0 Å². The van der Waals surface area contributed by atoms with E-state index in [0.717, 1.165) is 18.7 Å². The number of aromatic nitrogens is 3. The molecule has 2 rings (SSSR count). The van der Waals surface area contributed by atoms with E-state index in [-0.39, 0.29) is 0 Å². The van der Waals surface area contributed by atoms with E-state index in [1.54, 1.807) is 0 Å². The van der Waals surface area contributed by atoms with E-state index < -0.39 is 11.7 Å². The topological polar surface area (TPSA) is 51.8 Å². The Morgan fingerprint density at radius 2 is 2.05 bits per heavy atom. The lowest BCUT2D eigenvalue weighted by molar-refractivity contribution is -0.137. The minimum atomic E-state index is -4.37. The van der Waals surface area contributed by atoms with E-state index in [1.165, 1.54) is 17.8 Å². The fourth-order valence-electron chi connectivity index (χ4n) is 1.57. The SMILES string of the molecule is CC(C)Cc1noc(CSc2ccc(C(F)(F)F)cn2)n1. The number of hydrogen-bond acceptors (Lipinski definition) is 5. The zero-order chi connectivity index (χ0) is 15.5. The largest absolute Gasteiger partial charge is 0.417 e. The number of nitrogens with zero attached hydrogens (tertiary/aromatic N) is 3. The standard InChI is InChI=1S/C13H14F3N3OS/c1-8(2)5-10-18-11(20-19-10)7-21-12-4-3-9(6-17-12)13(14,15)16/h3-4,6,8H,5,7H2,1-2H3. The Balaban J connectivity index is 1.92. The first kappa shape index (κ1) is 15.8. The van der Waals surface area contributed by atoms with Crippen molar-refractivity contribution >= 4 is 11.8 Å². The second-order valence-electron chi connectivity index (χ2n) is 4.87. The van der Waals surface area contributed by atoms with Gasteiger partial charge in [0.05, 0.1) is 16.3 Å². The number of rotatable bonds is 5. The molecule has 8 heteroatoms. The van der Waals surface area contributed by atoms with Crippen LogP contribution < -0.4 is 0 Å². The molecule has 0 atom stereocenters. The molecule has 4 nitrogen and oxygen atoms in total. The summed E-state index contributed by atoms with van der Waals surface area (Å²) < 4.78 is 42.3. The Bertz CT molecular complexity index is 581. The molecule has 0 aliphatic heterocycles.